The molecule has 1 spiro atoms. The van der Waals surface area contributed by atoms with E-state index < -0.39 is 22.6 Å². The Labute approximate surface area is 193 Å². The molecule has 7 heteroatoms. The van der Waals surface area contributed by atoms with E-state index in [9.17, 15) is 19.1 Å². The molecule has 0 aromatic heterocycles. The molecule has 2 amide bonds. The number of hydrogen-bond acceptors (Lipinski definition) is 3. The highest BCUT2D eigenvalue weighted by Gasteiger charge is 2.65. The van der Waals surface area contributed by atoms with Gasteiger partial charge < -0.3 is 15.2 Å². The van der Waals surface area contributed by atoms with Crippen LogP contribution in [0.1, 0.15) is 57.6 Å². The molecule has 2 aliphatic heterocycles. The lowest BCUT2D eigenvalue weighted by Crippen LogP contribution is -2.66. The molecule has 2 fully saturated rings. The van der Waals surface area contributed by atoms with Gasteiger partial charge in [0.15, 0.2) is 0 Å². The van der Waals surface area contributed by atoms with E-state index in [-0.39, 0.29) is 18.3 Å². The standard InChI is InChI=1S/C26H31FN2O4/c1-24(2,3)26(15-14-25(29(26)23(31)32)13-6-16-28-22(25)30)19-9-11-20(12-10-19)33-17-18-7-4-5-8-21(18)27/h4-5,7-12H,6,13-17H2,1-3H3,(H,28,30)(H,31,32)/t25-,26+/m0/s1. The zero-order valence-corrected chi connectivity index (χ0v) is 19.4. The number of carbonyl (C=O) groups excluding carboxylic acids is 1. The van der Waals surface area contributed by atoms with E-state index in [0.717, 1.165) is 12.0 Å². The number of carboxylic acid groups (broad SMARTS) is 1. The first-order chi connectivity index (χ1) is 15.6. The number of piperidine rings is 1. The van der Waals surface area contributed by atoms with Crippen LogP contribution in [-0.4, -0.2) is 34.1 Å². The van der Waals surface area contributed by atoms with Gasteiger partial charge in [0.1, 0.15) is 23.7 Å². The summed E-state index contributed by atoms with van der Waals surface area (Å²) in [5.74, 6) is 0.0445. The number of ether oxygens (including phenoxy) is 1. The Morgan fingerprint density at radius 3 is 2.42 bits per heavy atom. The summed E-state index contributed by atoms with van der Waals surface area (Å²) < 4.78 is 19.7. The number of amides is 2. The summed E-state index contributed by atoms with van der Waals surface area (Å²) in [5, 5.41) is 13.3. The van der Waals surface area contributed by atoms with E-state index in [2.05, 4.69) is 5.32 Å². The molecule has 2 atom stereocenters. The van der Waals surface area contributed by atoms with Crippen LogP contribution >= 0.6 is 0 Å². The molecular formula is C26H31FN2O4. The Kier molecular flexibility index (Phi) is 5.85. The molecule has 0 bridgehead atoms. The van der Waals surface area contributed by atoms with Crippen molar-refractivity contribution < 1.29 is 23.8 Å². The Bertz CT molecular complexity index is 1050. The largest absolute Gasteiger partial charge is 0.489 e. The first-order valence-corrected chi connectivity index (χ1v) is 11.4. The fourth-order valence-electron chi connectivity index (χ4n) is 5.66. The van der Waals surface area contributed by atoms with Crippen molar-refractivity contribution in [1.29, 1.82) is 0 Å². The number of carbonyl (C=O) groups is 2. The van der Waals surface area contributed by atoms with Crippen LogP contribution in [-0.2, 0) is 16.9 Å². The highest BCUT2D eigenvalue weighted by atomic mass is 19.1. The van der Waals surface area contributed by atoms with Gasteiger partial charge in [-0.05, 0) is 54.9 Å². The Balaban J connectivity index is 1.68. The average Bonchev–Trinajstić information content (AvgIpc) is 3.13. The van der Waals surface area contributed by atoms with Gasteiger partial charge in [-0.1, -0.05) is 51.1 Å². The maximum atomic E-state index is 13.9. The molecular weight excluding hydrogens is 423 g/mol. The second kappa shape index (κ2) is 8.36. The Morgan fingerprint density at radius 2 is 1.82 bits per heavy atom. The highest BCUT2D eigenvalue weighted by molar-refractivity contribution is 5.91. The molecule has 0 unspecified atom stereocenters. The quantitative estimate of drug-likeness (QED) is 0.676. The van der Waals surface area contributed by atoms with Gasteiger partial charge in [-0.2, -0.15) is 0 Å². The first kappa shape index (κ1) is 23.1. The number of rotatable bonds is 4. The minimum atomic E-state index is -1.08. The number of likely N-dealkylation sites (tertiary alicyclic amines) is 1. The number of benzene rings is 2. The van der Waals surface area contributed by atoms with Crippen LogP contribution in [0.15, 0.2) is 48.5 Å². The SMILES string of the molecule is CC(C)(C)[C@]1(c2ccc(OCc3ccccc3F)cc2)CC[C@]2(CCCNC2=O)N1C(=O)O. The minimum Gasteiger partial charge on any atom is -0.489 e. The van der Waals surface area contributed by atoms with Gasteiger partial charge in [-0.15, -0.1) is 0 Å². The third kappa shape index (κ3) is 3.73. The lowest BCUT2D eigenvalue weighted by Gasteiger charge is -2.52. The average molecular weight is 455 g/mol. The van der Waals surface area contributed by atoms with Gasteiger partial charge >= 0.3 is 6.09 Å². The van der Waals surface area contributed by atoms with Crippen LogP contribution in [0.4, 0.5) is 9.18 Å². The fraction of sp³-hybridized carbons (Fsp3) is 0.462. The van der Waals surface area contributed by atoms with Crippen molar-refractivity contribution in [3.8, 4) is 5.75 Å². The molecule has 6 nitrogen and oxygen atoms in total. The van der Waals surface area contributed by atoms with Crippen molar-refractivity contribution >= 4 is 12.0 Å². The zero-order valence-electron chi connectivity index (χ0n) is 19.4. The number of nitrogens with zero attached hydrogens (tertiary/aromatic N) is 1. The predicted octanol–water partition coefficient (Wildman–Crippen LogP) is 5.07. The first-order valence-electron chi connectivity index (χ1n) is 11.4. The minimum absolute atomic E-state index is 0.0982. The molecule has 33 heavy (non-hydrogen) atoms. The number of hydrogen-bond donors (Lipinski definition) is 2. The normalized spacial score (nSPS) is 25.2. The van der Waals surface area contributed by atoms with Gasteiger partial charge in [0, 0.05) is 12.1 Å². The van der Waals surface area contributed by atoms with Crippen molar-refractivity contribution in [3.05, 3.63) is 65.5 Å². The summed E-state index contributed by atoms with van der Waals surface area (Å²) >= 11 is 0. The van der Waals surface area contributed by atoms with Crippen molar-refractivity contribution in [3.63, 3.8) is 0 Å². The van der Waals surface area contributed by atoms with Crippen LogP contribution in [0.3, 0.4) is 0 Å². The maximum absolute atomic E-state index is 13.9. The molecule has 2 aliphatic rings. The van der Waals surface area contributed by atoms with Crippen molar-refractivity contribution in [2.75, 3.05) is 6.54 Å². The highest BCUT2D eigenvalue weighted by Crippen LogP contribution is 2.58. The van der Waals surface area contributed by atoms with E-state index in [1.54, 1.807) is 30.3 Å². The second-order valence-electron chi connectivity index (χ2n) is 10.0. The van der Waals surface area contributed by atoms with E-state index in [1.807, 2.05) is 32.9 Å². The summed E-state index contributed by atoms with van der Waals surface area (Å²) in [6.45, 7) is 6.73. The molecule has 2 N–H and O–H groups in total. The molecule has 4 rings (SSSR count). The molecule has 2 aromatic rings. The van der Waals surface area contributed by atoms with E-state index in [4.69, 9.17) is 4.74 Å². The van der Waals surface area contributed by atoms with Crippen LogP contribution in [0, 0.1) is 11.2 Å². The summed E-state index contributed by atoms with van der Waals surface area (Å²) in [4.78, 5) is 27.1. The van der Waals surface area contributed by atoms with Crippen molar-refractivity contribution in [1.82, 2.24) is 10.2 Å². The molecule has 2 saturated heterocycles. The third-order valence-corrected chi connectivity index (χ3v) is 7.30. The van der Waals surface area contributed by atoms with Crippen LogP contribution in [0.2, 0.25) is 0 Å². The van der Waals surface area contributed by atoms with Gasteiger partial charge in [0.05, 0.1) is 5.54 Å². The Hall–Kier alpha value is -3.09. The molecule has 0 aliphatic carbocycles. The van der Waals surface area contributed by atoms with Gasteiger partial charge in [0.25, 0.3) is 0 Å². The Morgan fingerprint density at radius 1 is 1.12 bits per heavy atom. The predicted molar refractivity (Wildman–Crippen MR) is 122 cm³/mol. The molecule has 176 valence electrons. The number of nitrogens with one attached hydrogen (secondary N) is 1. The van der Waals surface area contributed by atoms with Crippen molar-refractivity contribution in [2.45, 2.75) is 64.1 Å². The number of halogens is 1. The van der Waals surface area contributed by atoms with Gasteiger partial charge in [0.2, 0.25) is 5.91 Å². The smallest absolute Gasteiger partial charge is 0.408 e. The monoisotopic (exact) mass is 454 g/mol. The third-order valence-electron chi connectivity index (χ3n) is 7.30. The van der Waals surface area contributed by atoms with Gasteiger partial charge in [-0.3, -0.25) is 9.69 Å². The summed E-state index contributed by atoms with van der Waals surface area (Å²) in [7, 11) is 0. The van der Waals surface area contributed by atoms with Crippen LogP contribution in [0.25, 0.3) is 0 Å². The lowest BCUT2D eigenvalue weighted by molar-refractivity contribution is -0.138. The maximum Gasteiger partial charge on any atom is 0.408 e. The summed E-state index contributed by atoms with van der Waals surface area (Å²) in [5.41, 5.74) is -1.12. The van der Waals surface area contributed by atoms with E-state index in [1.165, 1.54) is 11.0 Å². The fourth-order valence-corrected chi connectivity index (χ4v) is 5.66. The van der Waals surface area contributed by atoms with Crippen molar-refractivity contribution in [2.24, 2.45) is 5.41 Å². The zero-order chi connectivity index (χ0) is 23.9. The van der Waals surface area contributed by atoms with E-state index in [0.29, 0.717) is 37.1 Å². The molecule has 0 saturated carbocycles. The van der Waals surface area contributed by atoms with Crippen LogP contribution in [0.5, 0.6) is 5.75 Å². The molecule has 0 radical (unpaired) electrons. The molecule has 2 heterocycles. The summed E-state index contributed by atoms with van der Waals surface area (Å²) in [6.07, 6.45) is 1.21. The molecule has 2 aromatic carbocycles. The lowest BCUT2D eigenvalue weighted by atomic mass is 9.67. The van der Waals surface area contributed by atoms with E-state index >= 15 is 0 Å². The topological polar surface area (TPSA) is 78.9 Å². The van der Waals surface area contributed by atoms with Gasteiger partial charge in [-0.25, -0.2) is 9.18 Å². The second-order valence-corrected chi connectivity index (χ2v) is 10.0. The van der Waals surface area contributed by atoms with Crippen LogP contribution < -0.4 is 10.1 Å². The summed E-state index contributed by atoms with van der Waals surface area (Å²) in [6, 6.07) is 13.8.